The van der Waals surface area contributed by atoms with Crippen molar-refractivity contribution in [2.45, 2.75) is 139 Å². The van der Waals surface area contributed by atoms with E-state index in [1.807, 2.05) is 18.2 Å². The van der Waals surface area contributed by atoms with Gasteiger partial charge >= 0.3 is 11.9 Å². The Kier molecular flexibility index (Phi) is 9.00. The van der Waals surface area contributed by atoms with Crippen molar-refractivity contribution in [3.8, 4) is 0 Å². The van der Waals surface area contributed by atoms with Crippen LogP contribution in [0.25, 0.3) is 0 Å². The summed E-state index contributed by atoms with van der Waals surface area (Å²) in [5, 5.41) is 12.9. The van der Waals surface area contributed by atoms with Gasteiger partial charge in [0.25, 0.3) is 0 Å². The van der Waals surface area contributed by atoms with Gasteiger partial charge in [-0.15, -0.1) is 0 Å². The number of aromatic nitrogens is 1. The summed E-state index contributed by atoms with van der Waals surface area (Å²) in [6.07, 6.45) is 11.8. The van der Waals surface area contributed by atoms with Gasteiger partial charge < -0.3 is 15.2 Å². The molecule has 0 bridgehead atoms. The number of hydrogen-bond donors (Lipinski definition) is 2. The number of nitrogens with zero attached hydrogens (tertiary/aromatic N) is 1. The third-order valence-electron chi connectivity index (χ3n) is 16.1. The Morgan fingerprint density at radius 3 is 2.33 bits per heavy atom. The number of allylic oxidation sites excluding steroid dienone is 1. The van der Waals surface area contributed by atoms with Crippen LogP contribution in [0.2, 0.25) is 0 Å². The van der Waals surface area contributed by atoms with Crippen LogP contribution in [0.15, 0.2) is 36.5 Å². The first kappa shape index (κ1) is 36.1. The SMILES string of the molecule is C=C(C)[C@@H]1CC[C@]2(C(=O)NCc3ccccn3)CC[C@]3(C)[C@H](CC[C@@H]4[C@@]5(C)CC[C@H](OC(=O)CC(C)(C)C(=O)O)C(C)(C)[C@@H]5CC[C@]43C)[C@@H]12. The van der Waals surface area contributed by atoms with E-state index >= 15 is 0 Å². The molecule has 1 amide bonds. The lowest BCUT2D eigenvalue weighted by Crippen LogP contribution is -2.67. The highest BCUT2D eigenvalue weighted by molar-refractivity contribution is 5.84. The van der Waals surface area contributed by atoms with Crippen molar-refractivity contribution in [3.05, 3.63) is 42.2 Å². The number of carboxylic acid groups (broad SMARTS) is 1. The zero-order valence-corrected chi connectivity index (χ0v) is 31.5. The van der Waals surface area contributed by atoms with Gasteiger partial charge in [0.05, 0.1) is 29.5 Å². The van der Waals surface area contributed by atoms with Crippen LogP contribution in [0.3, 0.4) is 0 Å². The lowest BCUT2D eigenvalue weighted by molar-refractivity contribution is -0.249. The summed E-state index contributed by atoms with van der Waals surface area (Å²) < 4.78 is 6.16. The van der Waals surface area contributed by atoms with Crippen LogP contribution in [-0.2, 0) is 25.7 Å². The number of rotatable bonds is 8. The zero-order chi connectivity index (χ0) is 35.8. The van der Waals surface area contributed by atoms with Crippen LogP contribution < -0.4 is 5.32 Å². The van der Waals surface area contributed by atoms with E-state index in [2.05, 4.69) is 58.4 Å². The van der Waals surface area contributed by atoms with Gasteiger partial charge in [-0.1, -0.05) is 52.8 Å². The summed E-state index contributed by atoms with van der Waals surface area (Å²) >= 11 is 0. The Balaban J connectivity index is 1.25. The number of fused-ring (bicyclic) bond motifs is 7. The lowest BCUT2D eigenvalue weighted by atomic mass is 9.32. The number of amides is 1. The molecule has 6 rings (SSSR count). The second kappa shape index (κ2) is 12.2. The molecule has 1 heterocycles. The molecule has 10 atom stereocenters. The van der Waals surface area contributed by atoms with Crippen LogP contribution in [0, 0.1) is 62.1 Å². The predicted octanol–water partition coefficient (Wildman–Crippen LogP) is 8.77. The molecule has 5 aliphatic rings. The first-order valence-electron chi connectivity index (χ1n) is 19.1. The predicted molar refractivity (Wildman–Crippen MR) is 191 cm³/mol. The Bertz CT molecular complexity index is 1490. The van der Waals surface area contributed by atoms with E-state index in [0.29, 0.717) is 36.1 Å². The van der Waals surface area contributed by atoms with Gasteiger partial charge in [0.15, 0.2) is 0 Å². The number of esters is 1. The number of hydrogen-bond acceptors (Lipinski definition) is 5. The molecule has 0 aromatic carbocycles. The Labute approximate surface area is 294 Å². The van der Waals surface area contributed by atoms with Crippen molar-refractivity contribution < 1.29 is 24.2 Å². The lowest BCUT2D eigenvalue weighted by Gasteiger charge is -2.72. The van der Waals surface area contributed by atoms with E-state index in [4.69, 9.17) is 4.74 Å². The standard InChI is InChI=1S/C42H62N2O5/c1-26(2)28-15-20-42(35(46)44-25-27-12-10-11-23-43-27)22-21-40(8)29(34(28)42)13-14-31-39(7)18-17-32(49-33(45)24-37(3,4)36(47)48)38(5,6)30(39)16-19-41(31,40)9/h10-12,23,28-32,34H,1,13-22,24-25H2,2-9H3,(H,44,46)(H,47,48)/t28-,29+,30-,31+,32-,34+,39-,40+,41+,42-/m0/s1. The number of carbonyl (C=O) groups excluding carboxylic acids is 2. The minimum absolute atomic E-state index is 0.117. The van der Waals surface area contributed by atoms with E-state index in [-0.39, 0.29) is 45.5 Å². The fourth-order valence-electron chi connectivity index (χ4n) is 13.2. The van der Waals surface area contributed by atoms with Gasteiger partial charge in [0.1, 0.15) is 6.10 Å². The van der Waals surface area contributed by atoms with Crippen molar-refractivity contribution in [3.63, 3.8) is 0 Å². The molecule has 5 aliphatic carbocycles. The molecule has 49 heavy (non-hydrogen) atoms. The van der Waals surface area contributed by atoms with Gasteiger partial charge in [0, 0.05) is 11.6 Å². The molecule has 7 heteroatoms. The van der Waals surface area contributed by atoms with Crippen molar-refractivity contribution >= 4 is 17.8 Å². The van der Waals surface area contributed by atoms with Gasteiger partial charge in [0.2, 0.25) is 5.91 Å². The molecule has 5 saturated carbocycles. The summed E-state index contributed by atoms with van der Waals surface area (Å²) in [5.74, 6) is 0.941. The van der Waals surface area contributed by atoms with Crippen LogP contribution in [0.1, 0.15) is 132 Å². The first-order chi connectivity index (χ1) is 22.8. The number of pyridine rings is 1. The molecule has 0 unspecified atom stereocenters. The molecule has 0 saturated heterocycles. The van der Waals surface area contributed by atoms with Crippen molar-refractivity contribution in [1.29, 1.82) is 0 Å². The Hall–Kier alpha value is -2.70. The third-order valence-corrected chi connectivity index (χ3v) is 16.1. The quantitative estimate of drug-likeness (QED) is 0.211. The zero-order valence-electron chi connectivity index (χ0n) is 31.5. The number of ether oxygens (including phenoxy) is 1. The molecule has 5 fully saturated rings. The summed E-state index contributed by atoms with van der Waals surface area (Å²) in [6, 6.07) is 5.87. The van der Waals surface area contributed by atoms with Crippen LogP contribution in [0.4, 0.5) is 0 Å². The normalized spacial score (nSPS) is 40.9. The van der Waals surface area contributed by atoms with E-state index in [1.54, 1.807) is 20.0 Å². The molecule has 1 aromatic heterocycles. The second-order valence-electron chi connectivity index (χ2n) is 19.0. The van der Waals surface area contributed by atoms with E-state index in [9.17, 15) is 19.5 Å². The highest BCUT2D eigenvalue weighted by Crippen LogP contribution is 2.77. The van der Waals surface area contributed by atoms with Crippen molar-refractivity contribution in [2.75, 3.05) is 0 Å². The van der Waals surface area contributed by atoms with Gasteiger partial charge in [-0.05, 0) is 143 Å². The van der Waals surface area contributed by atoms with Crippen LogP contribution >= 0.6 is 0 Å². The van der Waals surface area contributed by atoms with Crippen molar-refractivity contribution in [2.24, 2.45) is 62.1 Å². The number of aliphatic carboxylic acids is 1. The van der Waals surface area contributed by atoms with Crippen LogP contribution in [0.5, 0.6) is 0 Å². The second-order valence-corrected chi connectivity index (χ2v) is 19.0. The van der Waals surface area contributed by atoms with Crippen molar-refractivity contribution in [1.82, 2.24) is 10.3 Å². The molecular formula is C42H62N2O5. The van der Waals surface area contributed by atoms with Crippen LogP contribution in [-0.4, -0.2) is 34.0 Å². The molecule has 270 valence electrons. The van der Waals surface area contributed by atoms with E-state index in [1.165, 1.54) is 12.0 Å². The van der Waals surface area contributed by atoms with Gasteiger partial charge in [-0.2, -0.15) is 0 Å². The molecule has 1 aromatic rings. The summed E-state index contributed by atoms with van der Waals surface area (Å²) in [4.78, 5) is 43.6. The molecule has 0 radical (unpaired) electrons. The van der Waals surface area contributed by atoms with Gasteiger partial charge in [-0.25, -0.2) is 0 Å². The minimum atomic E-state index is -1.15. The fraction of sp³-hybridized carbons (Fsp3) is 0.762. The molecule has 0 aliphatic heterocycles. The highest BCUT2D eigenvalue weighted by atomic mass is 16.5. The minimum Gasteiger partial charge on any atom is -0.481 e. The number of nitrogens with one attached hydrogen (secondary N) is 1. The maximum Gasteiger partial charge on any atom is 0.309 e. The summed E-state index contributed by atoms with van der Waals surface area (Å²) in [7, 11) is 0. The monoisotopic (exact) mass is 674 g/mol. The third kappa shape index (κ3) is 5.50. The topological polar surface area (TPSA) is 106 Å². The number of carbonyl (C=O) groups is 3. The fourth-order valence-corrected chi connectivity index (χ4v) is 13.2. The first-order valence-corrected chi connectivity index (χ1v) is 19.1. The highest BCUT2D eigenvalue weighted by Gasteiger charge is 2.72. The molecule has 2 N–H and O–H groups in total. The molecule has 0 spiro atoms. The smallest absolute Gasteiger partial charge is 0.309 e. The van der Waals surface area contributed by atoms with Gasteiger partial charge in [-0.3, -0.25) is 19.4 Å². The Morgan fingerprint density at radius 1 is 0.939 bits per heavy atom. The molecular weight excluding hydrogens is 612 g/mol. The average molecular weight is 675 g/mol. The summed E-state index contributed by atoms with van der Waals surface area (Å²) in [5.41, 5.74) is 0.798. The summed E-state index contributed by atoms with van der Waals surface area (Å²) in [6.45, 7) is 22.7. The maximum absolute atomic E-state index is 14.4. The average Bonchev–Trinajstić information content (AvgIpc) is 3.43. The largest absolute Gasteiger partial charge is 0.481 e. The van der Waals surface area contributed by atoms with E-state index in [0.717, 1.165) is 63.5 Å². The number of carboxylic acids is 1. The maximum atomic E-state index is 14.4. The Morgan fingerprint density at radius 2 is 1.67 bits per heavy atom. The van der Waals surface area contributed by atoms with E-state index < -0.39 is 17.4 Å². The molecule has 7 nitrogen and oxygen atoms in total.